The summed E-state index contributed by atoms with van der Waals surface area (Å²) in [6.07, 6.45) is 5.71. The average molecular weight is 489 g/mol. The molecular formula is C26H28N6O4. The monoisotopic (exact) mass is 488 g/mol. The first-order chi connectivity index (χ1) is 17.5. The van der Waals surface area contributed by atoms with Gasteiger partial charge in [-0.1, -0.05) is 25.0 Å². The Morgan fingerprint density at radius 2 is 1.69 bits per heavy atom. The summed E-state index contributed by atoms with van der Waals surface area (Å²) in [7, 11) is 4.64. The van der Waals surface area contributed by atoms with Gasteiger partial charge in [0.1, 0.15) is 16.9 Å². The molecule has 1 saturated carbocycles. The lowest BCUT2D eigenvalue weighted by Gasteiger charge is -2.12. The lowest BCUT2D eigenvalue weighted by atomic mass is 10.2. The number of nitrogens with one attached hydrogen (secondary N) is 1. The van der Waals surface area contributed by atoms with Crippen molar-refractivity contribution in [3.8, 4) is 17.2 Å². The molecule has 0 bridgehead atoms. The largest absolute Gasteiger partial charge is 0.493 e. The maximum atomic E-state index is 13.3. The fourth-order valence-corrected chi connectivity index (χ4v) is 4.62. The molecule has 2 heterocycles. The molecule has 1 fully saturated rings. The van der Waals surface area contributed by atoms with Crippen molar-refractivity contribution < 1.29 is 19.0 Å². The average Bonchev–Trinajstić information content (AvgIpc) is 3.50. The lowest BCUT2D eigenvalue weighted by molar-refractivity contribution is 0.0940. The number of nitrogen functional groups attached to an aromatic ring is 1. The predicted octanol–water partition coefficient (Wildman–Crippen LogP) is 3.75. The van der Waals surface area contributed by atoms with Crippen molar-refractivity contribution in [2.75, 3.05) is 27.1 Å². The SMILES string of the molecule is COc1cc(C=Nn2c(N)c(C(=O)NC3CCCC3)c3nc4ccccc4nc32)cc(OC)c1OC. The van der Waals surface area contributed by atoms with Crippen molar-refractivity contribution in [2.24, 2.45) is 5.10 Å². The van der Waals surface area contributed by atoms with Crippen molar-refractivity contribution >= 4 is 40.1 Å². The van der Waals surface area contributed by atoms with E-state index in [2.05, 4.69) is 10.4 Å². The van der Waals surface area contributed by atoms with Gasteiger partial charge in [-0.05, 0) is 37.1 Å². The Balaban J connectivity index is 1.63. The Hall–Kier alpha value is -4.34. The van der Waals surface area contributed by atoms with Crippen LogP contribution in [0.25, 0.3) is 22.2 Å². The van der Waals surface area contributed by atoms with Gasteiger partial charge < -0.3 is 25.3 Å². The topological polar surface area (TPSA) is 126 Å². The van der Waals surface area contributed by atoms with E-state index in [0.717, 1.165) is 25.7 Å². The van der Waals surface area contributed by atoms with E-state index >= 15 is 0 Å². The smallest absolute Gasteiger partial charge is 0.257 e. The molecule has 0 spiro atoms. The first-order valence-corrected chi connectivity index (χ1v) is 11.8. The van der Waals surface area contributed by atoms with Gasteiger partial charge in [-0.3, -0.25) is 4.79 Å². The molecule has 0 saturated heterocycles. The molecule has 0 atom stereocenters. The highest BCUT2D eigenvalue weighted by molar-refractivity contribution is 6.10. The minimum absolute atomic E-state index is 0.131. The van der Waals surface area contributed by atoms with Crippen LogP contribution in [0, 0.1) is 0 Å². The molecule has 2 aromatic heterocycles. The van der Waals surface area contributed by atoms with Crippen LogP contribution in [0.4, 0.5) is 5.82 Å². The summed E-state index contributed by atoms with van der Waals surface area (Å²) in [6, 6.07) is 11.1. The van der Waals surface area contributed by atoms with E-state index in [1.54, 1.807) is 39.7 Å². The molecule has 5 rings (SSSR count). The van der Waals surface area contributed by atoms with Gasteiger partial charge in [0.2, 0.25) is 5.75 Å². The van der Waals surface area contributed by atoms with Crippen LogP contribution in [0.15, 0.2) is 41.5 Å². The molecule has 0 radical (unpaired) electrons. The van der Waals surface area contributed by atoms with Crippen LogP contribution in [0.2, 0.25) is 0 Å². The Bertz CT molecular complexity index is 1450. The number of hydrogen-bond donors (Lipinski definition) is 2. The van der Waals surface area contributed by atoms with Crippen LogP contribution in [-0.2, 0) is 0 Å². The minimum Gasteiger partial charge on any atom is -0.493 e. The first kappa shape index (κ1) is 23.4. The number of para-hydroxylation sites is 2. The number of nitrogens with two attached hydrogens (primary N) is 1. The zero-order valence-electron chi connectivity index (χ0n) is 20.4. The molecule has 1 aliphatic rings. The highest BCUT2D eigenvalue weighted by Crippen LogP contribution is 2.38. The van der Waals surface area contributed by atoms with E-state index in [1.165, 1.54) is 4.68 Å². The highest BCUT2D eigenvalue weighted by Gasteiger charge is 2.26. The lowest BCUT2D eigenvalue weighted by Crippen LogP contribution is -2.33. The number of carbonyl (C=O) groups excluding carboxylic acids is 1. The Morgan fingerprint density at radius 3 is 2.31 bits per heavy atom. The summed E-state index contributed by atoms with van der Waals surface area (Å²) in [5.74, 6) is 1.36. The second-order valence-corrected chi connectivity index (χ2v) is 8.61. The normalized spacial score (nSPS) is 14.1. The predicted molar refractivity (Wildman–Crippen MR) is 138 cm³/mol. The van der Waals surface area contributed by atoms with Crippen LogP contribution in [0.3, 0.4) is 0 Å². The van der Waals surface area contributed by atoms with Crippen LogP contribution in [-0.4, -0.2) is 54.1 Å². The third kappa shape index (κ3) is 4.15. The second kappa shape index (κ2) is 9.73. The molecule has 1 amide bonds. The van der Waals surface area contributed by atoms with Gasteiger partial charge in [-0.2, -0.15) is 9.78 Å². The van der Waals surface area contributed by atoms with Gasteiger partial charge in [0.25, 0.3) is 5.91 Å². The number of fused-ring (bicyclic) bond motifs is 2. The number of rotatable bonds is 7. The van der Waals surface area contributed by atoms with Crippen molar-refractivity contribution in [3.63, 3.8) is 0 Å². The fourth-order valence-electron chi connectivity index (χ4n) is 4.62. The summed E-state index contributed by atoms with van der Waals surface area (Å²) in [4.78, 5) is 22.8. The van der Waals surface area contributed by atoms with E-state index in [4.69, 9.17) is 29.9 Å². The van der Waals surface area contributed by atoms with Gasteiger partial charge in [0.15, 0.2) is 17.1 Å². The maximum absolute atomic E-state index is 13.3. The highest BCUT2D eigenvalue weighted by atomic mass is 16.5. The third-order valence-corrected chi connectivity index (χ3v) is 6.40. The summed E-state index contributed by atoms with van der Waals surface area (Å²) in [5.41, 5.74) is 9.62. The number of carbonyl (C=O) groups is 1. The number of methoxy groups -OCH3 is 3. The van der Waals surface area contributed by atoms with Gasteiger partial charge in [-0.15, -0.1) is 0 Å². The minimum atomic E-state index is -0.268. The van der Waals surface area contributed by atoms with Crippen molar-refractivity contribution in [2.45, 2.75) is 31.7 Å². The van der Waals surface area contributed by atoms with E-state index < -0.39 is 0 Å². The molecule has 36 heavy (non-hydrogen) atoms. The third-order valence-electron chi connectivity index (χ3n) is 6.40. The number of ether oxygens (including phenoxy) is 3. The Kier molecular flexibility index (Phi) is 6.32. The summed E-state index contributed by atoms with van der Waals surface area (Å²) < 4.78 is 17.7. The summed E-state index contributed by atoms with van der Waals surface area (Å²) in [6.45, 7) is 0. The molecule has 10 nitrogen and oxygen atoms in total. The number of benzene rings is 2. The van der Waals surface area contributed by atoms with Crippen molar-refractivity contribution in [1.29, 1.82) is 0 Å². The molecule has 1 aliphatic carbocycles. The number of anilines is 1. The number of amides is 1. The van der Waals surface area contributed by atoms with E-state index in [9.17, 15) is 4.79 Å². The number of hydrogen-bond acceptors (Lipinski definition) is 8. The summed E-state index contributed by atoms with van der Waals surface area (Å²) in [5, 5.41) is 7.69. The fraction of sp³-hybridized carbons (Fsp3) is 0.308. The zero-order valence-corrected chi connectivity index (χ0v) is 20.4. The van der Waals surface area contributed by atoms with Gasteiger partial charge in [-0.25, -0.2) is 9.97 Å². The standard InChI is InChI=1S/C26H28N6O4/c1-34-19-12-15(13-20(35-2)23(19)36-3)14-28-32-24(27)21(26(33)29-16-8-4-5-9-16)22-25(32)31-18-11-7-6-10-17(18)30-22/h6-7,10-14,16H,4-5,8-9,27H2,1-3H3,(H,29,33). The molecule has 186 valence electrons. The zero-order chi connectivity index (χ0) is 25.2. The van der Waals surface area contributed by atoms with E-state index in [-0.39, 0.29) is 23.3 Å². The summed E-state index contributed by atoms with van der Waals surface area (Å²) >= 11 is 0. The quantitative estimate of drug-likeness (QED) is 0.380. The molecule has 2 aromatic carbocycles. The maximum Gasteiger partial charge on any atom is 0.257 e. The van der Waals surface area contributed by atoms with Crippen LogP contribution in [0.5, 0.6) is 17.2 Å². The van der Waals surface area contributed by atoms with Crippen LogP contribution < -0.4 is 25.3 Å². The Morgan fingerprint density at radius 1 is 1.06 bits per heavy atom. The van der Waals surface area contributed by atoms with E-state index in [0.29, 0.717) is 45.0 Å². The second-order valence-electron chi connectivity index (χ2n) is 8.61. The molecule has 0 aliphatic heterocycles. The molecule has 3 N–H and O–H groups in total. The van der Waals surface area contributed by atoms with Crippen molar-refractivity contribution in [3.05, 3.63) is 47.5 Å². The van der Waals surface area contributed by atoms with Gasteiger partial charge in [0, 0.05) is 11.6 Å². The van der Waals surface area contributed by atoms with Crippen molar-refractivity contribution in [1.82, 2.24) is 20.0 Å². The van der Waals surface area contributed by atoms with Gasteiger partial charge in [0.05, 0.1) is 38.6 Å². The molecular weight excluding hydrogens is 460 g/mol. The first-order valence-electron chi connectivity index (χ1n) is 11.8. The van der Waals surface area contributed by atoms with E-state index in [1.807, 2.05) is 24.3 Å². The Labute approximate surface area is 208 Å². The number of aromatic nitrogens is 3. The van der Waals surface area contributed by atoms with Gasteiger partial charge >= 0.3 is 0 Å². The molecule has 0 unspecified atom stereocenters. The number of nitrogens with zero attached hydrogens (tertiary/aromatic N) is 4. The van der Waals surface area contributed by atoms with Crippen LogP contribution >= 0.6 is 0 Å². The van der Waals surface area contributed by atoms with Crippen LogP contribution in [0.1, 0.15) is 41.6 Å². The molecule has 10 heteroatoms. The molecule has 4 aromatic rings.